The number of rotatable bonds is 9. The van der Waals surface area contributed by atoms with E-state index in [1.54, 1.807) is 0 Å². The van der Waals surface area contributed by atoms with E-state index in [0.717, 1.165) is 32.1 Å². The lowest BCUT2D eigenvalue weighted by Crippen LogP contribution is -2.43. The number of hydrogen-bond acceptors (Lipinski definition) is 8. The van der Waals surface area contributed by atoms with Gasteiger partial charge < -0.3 is 24.3 Å². The summed E-state index contributed by atoms with van der Waals surface area (Å²) in [5.41, 5.74) is 1.18. The van der Waals surface area contributed by atoms with Crippen LogP contribution in [0.3, 0.4) is 0 Å². The van der Waals surface area contributed by atoms with Gasteiger partial charge in [-0.25, -0.2) is 9.78 Å². The van der Waals surface area contributed by atoms with E-state index in [4.69, 9.17) is 18.9 Å². The van der Waals surface area contributed by atoms with Crippen molar-refractivity contribution in [2.75, 3.05) is 13.9 Å². The number of carbonyl (C=O) groups is 3. The highest BCUT2D eigenvalue weighted by Gasteiger charge is 2.30. The molecule has 0 radical (unpaired) electrons. The van der Waals surface area contributed by atoms with Crippen LogP contribution in [0.5, 0.6) is 11.5 Å². The molecule has 1 amide bonds. The minimum atomic E-state index is -0.817. The number of methoxy groups -OCH3 is 1. The Morgan fingerprint density at radius 2 is 1.89 bits per heavy atom. The smallest absolute Gasteiger partial charge is 0.328 e. The fraction of sp³-hybridized carbons (Fsp3) is 0.481. The fourth-order valence-corrected chi connectivity index (χ4v) is 4.27. The molecule has 194 valence electrons. The number of carbonyl (C=O) groups excluding carboxylic acids is 3. The maximum absolute atomic E-state index is 13.1. The van der Waals surface area contributed by atoms with Crippen LogP contribution in [0.2, 0.25) is 0 Å². The van der Waals surface area contributed by atoms with Gasteiger partial charge in [0.05, 0.1) is 7.11 Å². The summed E-state index contributed by atoms with van der Waals surface area (Å²) in [6.07, 6.45) is 6.09. The molecule has 9 heteroatoms. The van der Waals surface area contributed by atoms with Crippen LogP contribution in [0.15, 0.2) is 42.6 Å². The lowest BCUT2D eigenvalue weighted by Gasteiger charge is -2.24. The second kappa shape index (κ2) is 13.5. The maximum atomic E-state index is 13.1. The van der Waals surface area contributed by atoms with Gasteiger partial charge in [0.2, 0.25) is 6.79 Å². The summed E-state index contributed by atoms with van der Waals surface area (Å²) in [7, 11) is 1.42. The topological polar surface area (TPSA) is 113 Å². The first-order valence-electron chi connectivity index (χ1n) is 12.2. The van der Waals surface area contributed by atoms with Crippen molar-refractivity contribution < 1.29 is 33.3 Å². The van der Waals surface area contributed by atoms with Crippen LogP contribution in [0.1, 0.15) is 62.0 Å². The molecule has 3 atom stereocenters. The van der Waals surface area contributed by atoms with Crippen molar-refractivity contribution in [1.82, 2.24) is 10.3 Å². The molecule has 2 aromatic rings. The number of benzene rings is 1. The summed E-state index contributed by atoms with van der Waals surface area (Å²) in [4.78, 5) is 41.3. The number of ether oxygens (including phenoxy) is 4. The van der Waals surface area contributed by atoms with Crippen molar-refractivity contribution in [3.63, 3.8) is 0 Å². The quantitative estimate of drug-likeness (QED) is 0.410. The predicted molar refractivity (Wildman–Crippen MR) is 132 cm³/mol. The van der Waals surface area contributed by atoms with E-state index in [1.165, 1.54) is 31.9 Å². The Hall–Kier alpha value is -3.62. The van der Waals surface area contributed by atoms with E-state index < -0.39 is 30.7 Å². The normalized spacial score (nSPS) is 20.2. The third-order valence-electron chi connectivity index (χ3n) is 6.29. The minimum Gasteiger partial charge on any atom is -0.493 e. The second-order valence-electron chi connectivity index (χ2n) is 8.83. The largest absolute Gasteiger partial charge is 0.493 e. The summed E-state index contributed by atoms with van der Waals surface area (Å²) in [6, 6.07) is 11.0. The molecule has 1 fully saturated rings. The Morgan fingerprint density at radius 3 is 2.61 bits per heavy atom. The van der Waals surface area contributed by atoms with Crippen molar-refractivity contribution in [2.45, 2.75) is 64.5 Å². The Morgan fingerprint density at radius 1 is 1.14 bits per heavy atom. The molecule has 2 heterocycles. The summed E-state index contributed by atoms with van der Waals surface area (Å²) >= 11 is 0. The first kappa shape index (κ1) is 27.0. The molecule has 0 spiro atoms. The van der Waals surface area contributed by atoms with Crippen LogP contribution < -0.4 is 14.8 Å². The first-order valence-corrected chi connectivity index (χ1v) is 12.2. The predicted octanol–water partition coefficient (Wildman–Crippen LogP) is 3.84. The zero-order valence-electron chi connectivity index (χ0n) is 21.0. The van der Waals surface area contributed by atoms with Gasteiger partial charge in [-0.2, -0.15) is 0 Å². The standard InChI is InChI=1S/C27H34N2O7/c1-18-21(14-13-20-9-5-4-6-10-20)11-7-8-12-22(27(32)36-18)29-26(31)24-25(35-17-34-19(2)30)23(33-3)15-16-28-24/h4-6,9-10,15-16,18,21-22H,7-8,11-14,17H2,1-3H3,(H,29,31)/t18-,21-,22-/m0/s1. The highest BCUT2D eigenvalue weighted by atomic mass is 16.7. The van der Waals surface area contributed by atoms with E-state index in [2.05, 4.69) is 22.4 Å². The highest BCUT2D eigenvalue weighted by Crippen LogP contribution is 2.30. The number of aromatic nitrogens is 1. The Bertz CT molecular complexity index is 1030. The SMILES string of the molecule is COc1ccnc(C(=O)N[C@H]2CCCC[C@@H](CCc3ccccc3)[C@H](C)OC2=O)c1OCOC(C)=O. The van der Waals surface area contributed by atoms with Crippen LogP contribution in [-0.2, 0) is 25.5 Å². The summed E-state index contributed by atoms with van der Waals surface area (Å²) in [6.45, 7) is 2.75. The molecule has 0 saturated carbocycles. The number of amides is 1. The lowest BCUT2D eigenvalue weighted by molar-refractivity contribution is -0.153. The van der Waals surface area contributed by atoms with Gasteiger partial charge >= 0.3 is 11.9 Å². The van der Waals surface area contributed by atoms with Crippen LogP contribution in [0.25, 0.3) is 0 Å². The van der Waals surface area contributed by atoms with E-state index in [1.807, 2.05) is 25.1 Å². The zero-order chi connectivity index (χ0) is 25.9. The number of nitrogens with zero attached hydrogens (tertiary/aromatic N) is 1. The molecule has 0 aliphatic carbocycles. The Balaban J connectivity index is 1.66. The van der Waals surface area contributed by atoms with E-state index in [9.17, 15) is 14.4 Å². The van der Waals surface area contributed by atoms with Crippen molar-refractivity contribution in [1.29, 1.82) is 0 Å². The van der Waals surface area contributed by atoms with Crippen LogP contribution >= 0.6 is 0 Å². The summed E-state index contributed by atoms with van der Waals surface area (Å²) in [5, 5.41) is 2.75. The van der Waals surface area contributed by atoms with Crippen LogP contribution in [0, 0.1) is 5.92 Å². The fourth-order valence-electron chi connectivity index (χ4n) is 4.27. The molecule has 9 nitrogen and oxygen atoms in total. The number of pyridine rings is 1. The van der Waals surface area contributed by atoms with Crippen molar-refractivity contribution in [3.8, 4) is 11.5 Å². The number of esters is 2. The lowest BCUT2D eigenvalue weighted by atomic mass is 9.90. The van der Waals surface area contributed by atoms with Gasteiger partial charge in [-0.3, -0.25) is 9.59 Å². The molecule has 1 aliphatic heterocycles. The Kier molecular flexibility index (Phi) is 10.1. The molecule has 1 aliphatic rings. The summed E-state index contributed by atoms with van der Waals surface area (Å²) in [5.74, 6) is -1.11. The highest BCUT2D eigenvalue weighted by molar-refractivity contribution is 5.98. The van der Waals surface area contributed by atoms with Gasteiger partial charge in [-0.05, 0) is 44.1 Å². The molecule has 1 saturated heterocycles. The number of cyclic esters (lactones) is 1. The van der Waals surface area contributed by atoms with Gasteiger partial charge in [-0.1, -0.05) is 43.2 Å². The van der Waals surface area contributed by atoms with Gasteiger partial charge in [0.25, 0.3) is 5.91 Å². The molecule has 3 rings (SSSR count). The number of nitrogens with one attached hydrogen (secondary N) is 1. The monoisotopic (exact) mass is 498 g/mol. The molecule has 0 bridgehead atoms. The molecular formula is C27H34N2O7. The van der Waals surface area contributed by atoms with E-state index in [0.29, 0.717) is 6.42 Å². The molecule has 36 heavy (non-hydrogen) atoms. The van der Waals surface area contributed by atoms with Gasteiger partial charge in [0.15, 0.2) is 17.2 Å². The maximum Gasteiger partial charge on any atom is 0.328 e. The first-order chi connectivity index (χ1) is 17.4. The molecule has 0 unspecified atom stereocenters. The number of aryl methyl sites for hydroxylation is 1. The average molecular weight is 499 g/mol. The Labute approximate surface area is 211 Å². The molecule has 1 aromatic heterocycles. The van der Waals surface area contributed by atoms with Crippen LogP contribution in [-0.4, -0.2) is 48.9 Å². The number of hydrogen-bond donors (Lipinski definition) is 1. The van der Waals surface area contributed by atoms with E-state index in [-0.39, 0.29) is 29.2 Å². The van der Waals surface area contributed by atoms with Gasteiger partial charge in [0, 0.05) is 19.2 Å². The van der Waals surface area contributed by atoms with E-state index >= 15 is 0 Å². The van der Waals surface area contributed by atoms with Crippen molar-refractivity contribution >= 4 is 17.8 Å². The molecule has 1 aromatic carbocycles. The third kappa shape index (κ3) is 7.69. The minimum absolute atomic E-state index is 0.0181. The van der Waals surface area contributed by atoms with Gasteiger partial charge in [-0.15, -0.1) is 0 Å². The van der Waals surface area contributed by atoms with Crippen LogP contribution in [0.4, 0.5) is 0 Å². The molecular weight excluding hydrogens is 464 g/mol. The average Bonchev–Trinajstić information content (AvgIpc) is 2.93. The van der Waals surface area contributed by atoms with Gasteiger partial charge in [0.1, 0.15) is 12.1 Å². The van der Waals surface area contributed by atoms with Crippen molar-refractivity contribution in [3.05, 3.63) is 53.9 Å². The third-order valence-corrected chi connectivity index (χ3v) is 6.29. The van der Waals surface area contributed by atoms with Crippen molar-refractivity contribution in [2.24, 2.45) is 5.92 Å². The summed E-state index contributed by atoms with van der Waals surface area (Å²) < 4.78 is 21.3. The molecule has 1 N–H and O–H groups in total. The second-order valence-corrected chi connectivity index (χ2v) is 8.83. The zero-order valence-corrected chi connectivity index (χ0v) is 21.0.